The number of non-ortho nitro benzene ring substituents is 1. The van der Waals surface area contributed by atoms with E-state index < -0.39 is 4.92 Å². The molecule has 8 heteroatoms. The van der Waals surface area contributed by atoms with Crippen LogP contribution in [0.15, 0.2) is 60.0 Å². The van der Waals surface area contributed by atoms with Gasteiger partial charge in [0.2, 0.25) is 0 Å². The van der Waals surface area contributed by atoms with Gasteiger partial charge in [0.15, 0.2) is 11.5 Å². The van der Waals surface area contributed by atoms with Gasteiger partial charge in [0.1, 0.15) is 6.61 Å². The number of nitrogens with zero attached hydrogens (tertiary/aromatic N) is 1. The van der Waals surface area contributed by atoms with Gasteiger partial charge in [-0.05, 0) is 48.2 Å². The zero-order chi connectivity index (χ0) is 21.2. The van der Waals surface area contributed by atoms with Gasteiger partial charge in [-0.25, -0.2) is 0 Å². The molecule has 0 atom stereocenters. The highest BCUT2D eigenvalue weighted by Gasteiger charge is 2.08. The summed E-state index contributed by atoms with van der Waals surface area (Å²) in [5, 5.41) is 19.3. The van der Waals surface area contributed by atoms with Gasteiger partial charge in [-0.1, -0.05) is 12.1 Å². The summed E-state index contributed by atoms with van der Waals surface area (Å²) >= 11 is 1.67. The van der Waals surface area contributed by atoms with E-state index in [2.05, 4.69) is 10.6 Å². The SMILES string of the molecule is CCOc1cc(CNCCNc2ccc([N+](=O)[O-])cc2)ccc1OCc1cccs1. The second-order valence-electron chi connectivity index (χ2n) is 6.49. The number of nitro groups is 1. The smallest absolute Gasteiger partial charge is 0.269 e. The lowest BCUT2D eigenvalue weighted by molar-refractivity contribution is -0.384. The summed E-state index contributed by atoms with van der Waals surface area (Å²) in [6.07, 6.45) is 0. The van der Waals surface area contributed by atoms with Crippen LogP contribution < -0.4 is 20.1 Å². The average molecular weight is 428 g/mol. The fourth-order valence-electron chi connectivity index (χ4n) is 2.82. The predicted octanol–water partition coefficient (Wildman–Crippen LogP) is 4.84. The first-order chi connectivity index (χ1) is 14.7. The molecule has 3 rings (SSSR count). The molecule has 0 unspecified atom stereocenters. The van der Waals surface area contributed by atoms with Crippen LogP contribution in [0.2, 0.25) is 0 Å². The van der Waals surface area contributed by atoms with E-state index in [-0.39, 0.29) is 5.69 Å². The summed E-state index contributed by atoms with van der Waals surface area (Å²) in [6, 6.07) is 16.5. The molecule has 0 aliphatic heterocycles. The van der Waals surface area contributed by atoms with Crippen LogP contribution in [0.4, 0.5) is 11.4 Å². The first-order valence-electron chi connectivity index (χ1n) is 9.75. The van der Waals surface area contributed by atoms with E-state index in [1.165, 1.54) is 17.0 Å². The molecule has 2 N–H and O–H groups in total. The zero-order valence-corrected chi connectivity index (χ0v) is 17.6. The molecule has 158 valence electrons. The van der Waals surface area contributed by atoms with E-state index in [0.29, 0.717) is 26.3 Å². The minimum atomic E-state index is -0.402. The normalized spacial score (nSPS) is 10.6. The summed E-state index contributed by atoms with van der Waals surface area (Å²) in [6.45, 7) is 5.22. The Bertz CT molecular complexity index is 930. The number of hydrogen-bond acceptors (Lipinski definition) is 7. The lowest BCUT2D eigenvalue weighted by atomic mass is 10.2. The van der Waals surface area contributed by atoms with E-state index >= 15 is 0 Å². The van der Waals surface area contributed by atoms with Crippen LogP contribution in [0.25, 0.3) is 0 Å². The van der Waals surface area contributed by atoms with Crippen molar-refractivity contribution in [2.24, 2.45) is 0 Å². The lowest BCUT2D eigenvalue weighted by Gasteiger charge is -2.13. The highest BCUT2D eigenvalue weighted by molar-refractivity contribution is 7.09. The van der Waals surface area contributed by atoms with Crippen molar-refractivity contribution >= 4 is 22.7 Å². The third-order valence-electron chi connectivity index (χ3n) is 4.30. The molecule has 0 fully saturated rings. The van der Waals surface area contributed by atoms with Crippen LogP contribution in [0, 0.1) is 10.1 Å². The van der Waals surface area contributed by atoms with E-state index in [0.717, 1.165) is 29.3 Å². The maximum Gasteiger partial charge on any atom is 0.269 e. The molecule has 1 heterocycles. The Morgan fingerprint density at radius 1 is 1.03 bits per heavy atom. The summed E-state index contributed by atoms with van der Waals surface area (Å²) in [7, 11) is 0. The number of ether oxygens (including phenoxy) is 2. The molecule has 0 aliphatic rings. The topological polar surface area (TPSA) is 85.7 Å². The van der Waals surface area contributed by atoms with Crippen LogP contribution in [0.3, 0.4) is 0 Å². The predicted molar refractivity (Wildman–Crippen MR) is 120 cm³/mol. The lowest BCUT2D eigenvalue weighted by Crippen LogP contribution is -2.21. The molecule has 30 heavy (non-hydrogen) atoms. The largest absolute Gasteiger partial charge is 0.490 e. The Kier molecular flexibility index (Phi) is 8.05. The van der Waals surface area contributed by atoms with E-state index in [9.17, 15) is 10.1 Å². The van der Waals surface area contributed by atoms with Gasteiger partial charge >= 0.3 is 0 Å². The Morgan fingerprint density at radius 3 is 2.57 bits per heavy atom. The monoisotopic (exact) mass is 427 g/mol. The van der Waals surface area contributed by atoms with E-state index in [1.54, 1.807) is 23.5 Å². The number of nitro benzene ring substituents is 1. The van der Waals surface area contributed by atoms with Gasteiger partial charge in [-0.3, -0.25) is 10.1 Å². The second-order valence-corrected chi connectivity index (χ2v) is 7.52. The van der Waals surface area contributed by atoms with Gasteiger partial charge in [0, 0.05) is 42.3 Å². The molecule has 0 amide bonds. The molecule has 1 aromatic heterocycles. The number of hydrogen-bond donors (Lipinski definition) is 2. The van der Waals surface area contributed by atoms with Crippen LogP contribution in [0.1, 0.15) is 17.4 Å². The third-order valence-corrected chi connectivity index (χ3v) is 5.15. The highest BCUT2D eigenvalue weighted by Crippen LogP contribution is 2.29. The van der Waals surface area contributed by atoms with Gasteiger partial charge in [0.25, 0.3) is 5.69 Å². The number of anilines is 1. The van der Waals surface area contributed by atoms with Crippen molar-refractivity contribution in [1.29, 1.82) is 0 Å². The zero-order valence-electron chi connectivity index (χ0n) is 16.8. The summed E-state index contributed by atoms with van der Waals surface area (Å²) in [4.78, 5) is 11.4. The van der Waals surface area contributed by atoms with Crippen LogP contribution in [0.5, 0.6) is 11.5 Å². The van der Waals surface area contributed by atoms with Gasteiger partial charge in [0.05, 0.1) is 11.5 Å². The fourth-order valence-corrected chi connectivity index (χ4v) is 3.44. The molecule has 0 spiro atoms. The molecule has 2 aromatic carbocycles. The number of benzene rings is 2. The minimum absolute atomic E-state index is 0.0894. The van der Waals surface area contributed by atoms with Crippen LogP contribution in [-0.4, -0.2) is 24.6 Å². The summed E-state index contributed by atoms with van der Waals surface area (Å²) in [5.41, 5.74) is 2.05. The Balaban J connectivity index is 1.45. The summed E-state index contributed by atoms with van der Waals surface area (Å²) < 4.78 is 11.7. The number of nitrogens with one attached hydrogen (secondary N) is 2. The Hall–Kier alpha value is -3.10. The van der Waals surface area contributed by atoms with Crippen molar-refractivity contribution in [3.05, 3.63) is 80.5 Å². The highest BCUT2D eigenvalue weighted by atomic mass is 32.1. The average Bonchev–Trinajstić information content (AvgIpc) is 3.27. The minimum Gasteiger partial charge on any atom is -0.490 e. The quantitative estimate of drug-likeness (QED) is 0.244. The standard InChI is InChI=1S/C22H25N3O4S/c1-2-28-22-14-17(5-10-21(22)29-16-20-4-3-13-30-20)15-23-11-12-24-18-6-8-19(9-7-18)25(26)27/h3-10,13-14,23-24H,2,11-12,15-16H2,1H3. The van der Waals surface area contributed by atoms with E-state index in [1.807, 2.05) is 42.6 Å². The van der Waals surface area contributed by atoms with Crippen molar-refractivity contribution in [3.63, 3.8) is 0 Å². The second kappa shape index (κ2) is 11.2. The van der Waals surface area contributed by atoms with Crippen molar-refractivity contribution in [2.75, 3.05) is 25.0 Å². The first-order valence-corrected chi connectivity index (χ1v) is 10.6. The molecule has 0 radical (unpaired) electrons. The molecule has 0 saturated carbocycles. The molecule has 0 aliphatic carbocycles. The van der Waals surface area contributed by atoms with Crippen LogP contribution >= 0.6 is 11.3 Å². The fraction of sp³-hybridized carbons (Fsp3) is 0.273. The molecule has 0 saturated heterocycles. The van der Waals surface area contributed by atoms with Crippen molar-refractivity contribution < 1.29 is 14.4 Å². The third kappa shape index (κ3) is 6.47. The molecular formula is C22H25N3O4S. The molecule has 7 nitrogen and oxygen atoms in total. The van der Waals surface area contributed by atoms with Gasteiger partial charge in [-0.15, -0.1) is 11.3 Å². The number of rotatable bonds is 12. The molecular weight excluding hydrogens is 402 g/mol. The first kappa shape index (κ1) is 21.6. The van der Waals surface area contributed by atoms with Gasteiger partial charge < -0.3 is 20.1 Å². The van der Waals surface area contributed by atoms with E-state index in [4.69, 9.17) is 9.47 Å². The van der Waals surface area contributed by atoms with Crippen molar-refractivity contribution in [2.45, 2.75) is 20.1 Å². The molecule has 0 bridgehead atoms. The maximum absolute atomic E-state index is 10.7. The van der Waals surface area contributed by atoms with Crippen LogP contribution in [-0.2, 0) is 13.2 Å². The summed E-state index contributed by atoms with van der Waals surface area (Å²) in [5.74, 6) is 1.49. The van der Waals surface area contributed by atoms with Crippen molar-refractivity contribution in [3.8, 4) is 11.5 Å². The Labute approximate surface area is 179 Å². The Morgan fingerprint density at radius 2 is 1.87 bits per heavy atom. The number of thiophene rings is 1. The van der Waals surface area contributed by atoms with Gasteiger partial charge in [-0.2, -0.15) is 0 Å². The van der Waals surface area contributed by atoms with Crippen molar-refractivity contribution in [1.82, 2.24) is 5.32 Å². The maximum atomic E-state index is 10.7. The molecule has 3 aromatic rings.